The number of rotatable bonds is 6. The zero-order valence-corrected chi connectivity index (χ0v) is 12.4. The van der Waals surface area contributed by atoms with Crippen LogP contribution in [0.3, 0.4) is 0 Å². The Kier molecular flexibility index (Phi) is 5.64. The molecule has 1 heterocycles. The van der Waals surface area contributed by atoms with Crippen molar-refractivity contribution in [3.05, 3.63) is 10.8 Å². The van der Waals surface area contributed by atoms with Gasteiger partial charge >= 0.3 is 0 Å². The fourth-order valence-corrected chi connectivity index (χ4v) is 1.82. The first kappa shape index (κ1) is 14.2. The van der Waals surface area contributed by atoms with E-state index in [9.17, 15) is 0 Å². The van der Waals surface area contributed by atoms with Gasteiger partial charge in [-0.25, -0.2) is 9.97 Å². The maximum Gasteiger partial charge on any atom is 0.145 e. The van der Waals surface area contributed by atoms with Crippen molar-refractivity contribution < 1.29 is 0 Å². The Morgan fingerprint density at radius 1 is 1.35 bits per heavy atom. The SMILES string of the molecule is CNc1ncnc(NCCN(C)C(C)C)c1Br. The molecule has 0 fully saturated rings. The van der Waals surface area contributed by atoms with Gasteiger partial charge in [0.25, 0.3) is 0 Å². The number of halogens is 1. The van der Waals surface area contributed by atoms with Crippen LogP contribution in [0.4, 0.5) is 11.6 Å². The number of aromatic nitrogens is 2. The van der Waals surface area contributed by atoms with Crippen molar-refractivity contribution in [2.75, 3.05) is 37.8 Å². The van der Waals surface area contributed by atoms with E-state index in [0.717, 1.165) is 29.2 Å². The van der Waals surface area contributed by atoms with E-state index < -0.39 is 0 Å². The molecule has 1 aromatic heterocycles. The third-order valence-electron chi connectivity index (χ3n) is 2.66. The minimum absolute atomic E-state index is 0.554. The topological polar surface area (TPSA) is 53.1 Å². The average Bonchev–Trinajstić information content (AvgIpc) is 2.31. The Morgan fingerprint density at radius 2 is 2.00 bits per heavy atom. The first-order valence-electron chi connectivity index (χ1n) is 5.68. The lowest BCUT2D eigenvalue weighted by molar-refractivity contribution is 0.284. The largest absolute Gasteiger partial charge is 0.372 e. The summed E-state index contributed by atoms with van der Waals surface area (Å²) in [4.78, 5) is 10.6. The molecule has 0 aliphatic rings. The van der Waals surface area contributed by atoms with Crippen LogP contribution in [0.2, 0.25) is 0 Å². The minimum Gasteiger partial charge on any atom is -0.372 e. The number of nitrogens with zero attached hydrogens (tertiary/aromatic N) is 3. The molecular formula is C11H20BrN5. The highest BCUT2D eigenvalue weighted by atomic mass is 79.9. The molecule has 0 atom stereocenters. The molecule has 0 amide bonds. The molecule has 6 heteroatoms. The van der Waals surface area contributed by atoms with Gasteiger partial charge < -0.3 is 15.5 Å². The first-order chi connectivity index (χ1) is 8.06. The summed E-state index contributed by atoms with van der Waals surface area (Å²) in [5.41, 5.74) is 0. The van der Waals surface area contributed by atoms with Gasteiger partial charge in [0, 0.05) is 26.2 Å². The summed E-state index contributed by atoms with van der Waals surface area (Å²) in [6.45, 7) is 6.19. The predicted molar refractivity (Wildman–Crippen MR) is 75.5 cm³/mol. The smallest absolute Gasteiger partial charge is 0.145 e. The molecule has 0 saturated carbocycles. The molecule has 96 valence electrons. The molecular weight excluding hydrogens is 282 g/mol. The summed E-state index contributed by atoms with van der Waals surface area (Å²) < 4.78 is 0.870. The van der Waals surface area contributed by atoms with Crippen molar-refractivity contribution in [2.45, 2.75) is 19.9 Å². The van der Waals surface area contributed by atoms with E-state index in [1.54, 1.807) is 6.33 Å². The standard InChI is InChI=1S/C11H20BrN5/c1-8(2)17(4)6-5-14-11-9(12)10(13-3)15-7-16-11/h7-8H,5-6H2,1-4H3,(H2,13,14,15,16). The lowest BCUT2D eigenvalue weighted by Crippen LogP contribution is -2.31. The van der Waals surface area contributed by atoms with Gasteiger partial charge in [-0.05, 0) is 36.8 Å². The second kappa shape index (κ2) is 6.76. The van der Waals surface area contributed by atoms with Crippen molar-refractivity contribution in [3.8, 4) is 0 Å². The number of hydrogen-bond acceptors (Lipinski definition) is 5. The highest BCUT2D eigenvalue weighted by Crippen LogP contribution is 2.25. The zero-order chi connectivity index (χ0) is 12.8. The predicted octanol–water partition coefficient (Wildman–Crippen LogP) is 2.03. The summed E-state index contributed by atoms with van der Waals surface area (Å²) in [6.07, 6.45) is 1.55. The number of hydrogen-bond donors (Lipinski definition) is 2. The Labute approximate surface area is 111 Å². The quantitative estimate of drug-likeness (QED) is 0.842. The molecule has 1 rings (SSSR count). The molecule has 2 N–H and O–H groups in total. The van der Waals surface area contributed by atoms with E-state index in [2.05, 4.69) is 62.3 Å². The normalized spacial score (nSPS) is 11.0. The molecule has 17 heavy (non-hydrogen) atoms. The van der Waals surface area contributed by atoms with Gasteiger partial charge in [-0.1, -0.05) is 0 Å². The van der Waals surface area contributed by atoms with Gasteiger partial charge in [-0.3, -0.25) is 0 Å². The maximum atomic E-state index is 4.20. The lowest BCUT2D eigenvalue weighted by atomic mass is 10.3. The highest BCUT2D eigenvalue weighted by molar-refractivity contribution is 9.10. The lowest BCUT2D eigenvalue weighted by Gasteiger charge is -2.21. The summed E-state index contributed by atoms with van der Waals surface area (Å²) >= 11 is 3.47. The van der Waals surface area contributed by atoms with Gasteiger partial charge in [0.05, 0.1) is 0 Å². The van der Waals surface area contributed by atoms with Gasteiger partial charge in [-0.2, -0.15) is 0 Å². The maximum absolute atomic E-state index is 4.20. The third-order valence-corrected chi connectivity index (χ3v) is 3.42. The average molecular weight is 302 g/mol. The Hall–Kier alpha value is -0.880. The van der Waals surface area contributed by atoms with Gasteiger partial charge in [0.1, 0.15) is 22.4 Å². The van der Waals surface area contributed by atoms with Crippen LogP contribution in [-0.4, -0.2) is 48.1 Å². The summed E-state index contributed by atoms with van der Waals surface area (Å²) in [5.74, 6) is 1.61. The van der Waals surface area contributed by atoms with Crippen molar-refractivity contribution in [2.24, 2.45) is 0 Å². The molecule has 0 aliphatic heterocycles. The third kappa shape index (κ3) is 4.12. The minimum atomic E-state index is 0.554. The van der Waals surface area contributed by atoms with E-state index >= 15 is 0 Å². The first-order valence-corrected chi connectivity index (χ1v) is 6.48. The van der Waals surface area contributed by atoms with Crippen LogP contribution in [0.5, 0.6) is 0 Å². The van der Waals surface area contributed by atoms with Gasteiger partial charge in [-0.15, -0.1) is 0 Å². The molecule has 5 nitrogen and oxygen atoms in total. The van der Waals surface area contributed by atoms with E-state index in [1.807, 2.05) is 7.05 Å². The summed E-state index contributed by atoms with van der Waals surface area (Å²) in [7, 11) is 3.95. The molecule has 0 unspecified atom stereocenters. The highest BCUT2D eigenvalue weighted by Gasteiger charge is 2.07. The second-order valence-electron chi connectivity index (χ2n) is 4.14. The summed E-state index contributed by atoms with van der Waals surface area (Å²) in [5, 5.41) is 6.30. The number of likely N-dealkylation sites (N-methyl/N-ethyl adjacent to an activating group) is 1. The van der Waals surface area contributed by atoms with Crippen LogP contribution in [0, 0.1) is 0 Å². The zero-order valence-electron chi connectivity index (χ0n) is 10.8. The van der Waals surface area contributed by atoms with Gasteiger partial charge in [0.15, 0.2) is 0 Å². The van der Waals surface area contributed by atoms with E-state index in [-0.39, 0.29) is 0 Å². The van der Waals surface area contributed by atoms with Crippen LogP contribution in [0.15, 0.2) is 10.8 Å². The second-order valence-corrected chi connectivity index (χ2v) is 4.93. The van der Waals surface area contributed by atoms with Crippen LogP contribution >= 0.6 is 15.9 Å². The van der Waals surface area contributed by atoms with Crippen LogP contribution in [-0.2, 0) is 0 Å². The fraction of sp³-hybridized carbons (Fsp3) is 0.636. The van der Waals surface area contributed by atoms with Crippen molar-refractivity contribution >= 4 is 27.6 Å². The van der Waals surface area contributed by atoms with E-state index in [0.29, 0.717) is 6.04 Å². The van der Waals surface area contributed by atoms with Crippen molar-refractivity contribution in [1.82, 2.24) is 14.9 Å². The van der Waals surface area contributed by atoms with Crippen LogP contribution in [0.1, 0.15) is 13.8 Å². The molecule has 1 aromatic rings. The fourth-order valence-electron chi connectivity index (χ4n) is 1.28. The summed E-state index contributed by atoms with van der Waals surface area (Å²) in [6, 6.07) is 0.554. The van der Waals surface area contributed by atoms with Gasteiger partial charge in [0.2, 0.25) is 0 Å². The van der Waals surface area contributed by atoms with E-state index in [4.69, 9.17) is 0 Å². The van der Waals surface area contributed by atoms with Crippen LogP contribution in [0.25, 0.3) is 0 Å². The van der Waals surface area contributed by atoms with Crippen molar-refractivity contribution in [1.29, 1.82) is 0 Å². The van der Waals surface area contributed by atoms with Crippen molar-refractivity contribution in [3.63, 3.8) is 0 Å². The molecule has 0 saturated heterocycles. The molecule has 0 radical (unpaired) electrons. The molecule has 0 aliphatic carbocycles. The number of nitrogens with one attached hydrogen (secondary N) is 2. The monoisotopic (exact) mass is 301 g/mol. The number of anilines is 2. The Balaban J connectivity index is 2.52. The molecule has 0 bridgehead atoms. The van der Waals surface area contributed by atoms with E-state index in [1.165, 1.54) is 0 Å². The Bertz CT molecular complexity index is 356. The molecule has 0 aromatic carbocycles. The Morgan fingerprint density at radius 3 is 2.59 bits per heavy atom. The molecule has 0 spiro atoms. The van der Waals surface area contributed by atoms with Crippen LogP contribution < -0.4 is 10.6 Å².